The van der Waals surface area contributed by atoms with Crippen LogP contribution in [0.25, 0.3) is 0 Å². The molecule has 0 bridgehead atoms. The fourth-order valence-electron chi connectivity index (χ4n) is 8.13. The molecule has 0 aromatic heterocycles. The fraction of sp³-hybridized carbons (Fsp3) is 0.347. The van der Waals surface area contributed by atoms with Crippen molar-refractivity contribution in [3.05, 3.63) is 157 Å². The molecule has 0 aliphatic heterocycles. The minimum atomic E-state index is -3.50. The number of hydrogen-bond acceptors (Lipinski definition) is 4. The Morgan fingerprint density at radius 3 is 1.45 bits per heavy atom. The predicted molar refractivity (Wildman–Crippen MR) is 251 cm³/mol. The Bertz CT molecular complexity index is 2000. The number of halogens is 1. The first-order chi connectivity index (χ1) is 27.4. The monoisotopic (exact) mass is 880 g/mol. The molecule has 0 aliphatic carbocycles. The topological polar surface area (TPSA) is 76.7 Å². The first-order valence-corrected chi connectivity index (χ1v) is 26.9. The third-order valence-electron chi connectivity index (χ3n) is 10.9. The van der Waals surface area contributed by atoms with Crippen molar-refractivity contribution in [2.75, 3.05) is 6.16 Å². The van der Waals surface area contributed by atoms with Crippen LogP contribution in [-0.2, 0) is 20.1 Å². The molecular formula is C49H62BrN2O4PSi. The Labute approximate surface area is 356 Å². The Hall–Kier alpha value is -4.07. The van der Waals surface area contributed by atoms with Crippen molar-refractivity contribution in [3.63, 3.8) is 0 Å². The second-order valence-corrected chi connectivity index (χ2v) is 31.7. The number of nitrogens with one attached hydrogen (secondary N) is 2. The summed E-state index contributed by atoms with van der Waals surface area (Å²) in [6, 6.07) is 51.8. The van der Waals surface area contributed by atoms with Crippen molar-refractivity contribution in [2.24, 2.45) is 5.92 Å². The van der Waals surface area contributed by atoms with Gasteiger partial charge in [-0.2, -0.15) is 0 Å². The first kappa shape index (κ1) is 45.0. The summed E-state index contributed by atoms with van der Waals surface area (Å²) in [4.78, 5) is 28.1. The normalized spacial score (nSPS) is 14.7. The van der Waals surface area contributed by atoms with E-state index in [0.29, 0.717) is 12.3 Å². The number of amides is 2. The van der Waals surface area contributed by atoms with Gasteiger partial charge in [-0.1, -0.05) is 0 Å². The molecule has 5 aromatic rings. The zero-order valence-corrected chi connectivity index (χ0v) is 39.1. The van der Waals surface area contributed by atoms with Crippen LogP contribution < -0.4 is 31.6 Å². The van der Waals surface area contributed by atoms with E-state index in [2.05, 4.69) is 172 Å². The second kappa shape index (κ2) is 18.5. The Kier molecular flexibility index (Phi) is 14.3. The number of ether oxygens (including phenoxy) is 1. The van der Waals surface area contributed by atoms with Gasteiger partial charge in [0, 0.05) is 0 Å². The van der Waals surface area contributed by atoms with E-state index in [1.165, 1.54) is 16.2 Å². The molecule has 6 nitrogen and oxygen atoms in total. The van der Waals surface area contributed by atoms with Crippen molar-refractivity contribution >= 4 is 62.1 Å². The number of hydrogen-bond donors (Lipinski definition) is 2. The number of rotatable bonds is 15. The zero-order valence-electron chi connectivity index (χ0n) is 35.6. The molecule has 3 atom stereocenters. The molecule has 2 unspecified atom stereocenters. The predicted octanol–water partition coefficient (Wildman–Crippen LogP) is 9.70. The van der Waals surface area contributed by atoms with Crippen LogP contribution >= 0.6 is 20.8 Å². The van der Waals surface area contributed by atoms with Crippen molar-refractivity contribution in [2.45, 2.75) is 97.3 Å². The second-order valence-electron chi connectivity index (χ2n) is 17.8. The van der Waals surface area contributed by atoms with Gasteiger partial charge in [-0.05, 0) is 0 Å². The quantitative estimate of drug-likeness (QED) is 0.0812. The van der Waals surface area contributed by atoms with Crippen LogP contribution in [0.4, 0.5) is 4.79 Å². The van der Waals surface area contributed by atoms with Crippen LogP contribution in [0.2, 0.25) is 5.04 Å². The molecule has 0 saturated carbocycles. The van der Waals surface area contributed by atoms with Gasteiger partial charge >= 0.3 is 358 Å². The van der Waals surface area contributed by atoms with Crippen LogP contribution in [0, 0.1) is 5.92 Å². The van der Waals surface area contributed by atoms with Crippen LogP contribution in [0.1, 0.15) is 67.9 Å². The maximum absolute atomic E-state index is 14.9. The van der Waals surface area contributed by atoms with Crippen molar-refractivity contribution < 1.29 is 18.8 Å². The summed E-state index contributed by atoms with van der Waals surface area (Å²) in [6.45, 7) is 18.2. The maximum atomic E-state index is 14.9. The summed E-state index contributed by atoms with van der Waals surface area (Å²) in [6.07, 6.45) is 0.0958. The van der Waals surface area contributed by atoms with E-state index in [0.717, 1.165) is 10.4 Å². The van der Waals surface area contributed by atoms with E-state index in [9.17, 15) is 9.59 Å². The third-order valence-corrected chi connectivity index (χ3v) is 25.3. The van der Waals surface area contributed by atoms with Crippen molar-refractivity contribution in [3.8, 4) is 0 Å². The molecule has 0 heterocycles. The van der Waals surface area contributed by atoms with E-state index in [1.807, 2.05) is 52.8 Å². The van der Waals surface area contributed by atoms with Crippen LogP contribution in [0.5, 0.6) is 0 Å². The summed E-state index contributed by atoms with van der Waals surface area (Å²) in [5.41, 5.74) is 0.459. The molecule has 5 rings (SSSR count). The van der Waals surface area contributed by atoms with Crippen LogP contribution in [0.3, 0.4) is 0 Å². The van der Waals surface area contributed by atoms with Gasteiger partial charge in [0.2, 0.25) is 0 Å². The minimum absolute atomic E-state index is 0.229. The zero-order chi connectivity index (χ0) is 42.2. The molecule has 0 spiro atoms. The molecule has 0 saturated heterocycles. The molecule has 0 radical (unpaired) electrons. The Morgan fingerprint density at radius 2 is 1.05 bits per heavy atom. The van der Waals surface area contributed by atoms with Gasteiger partial charge in [-0.15, -0.1) is 0 Å². The standard InChI is InChI=1S/C49H62BrN2O4PSi/c1-37(2)45(52-47(54)55-48(4,5)6)46(53)51-44(38(3)56-58(49(7,8)9,42-31-21-13-22-32-42)43-33-23-14-24-34-43)36-57(50,40-27-17-11-18-28-40,41-29-19-12-20-30-41)35-39-25-15-10-16-26-39/h10-34,37-38,44-45H,35-36H2,1-9H3,(H,51,53)(H,52,54)/t38?,44-,45?/m1/s1. The molecule has 9 heteroatoms. The summed E-state index contributed by atoms with van der Waals surface area (Å²) in [5.74, 6) is -0.519. The molecular weight excluding hydrogens is 820 g/mol. The third kappa shape index (κ3) is 10.2. The Morgan fingerprint density at radius 1 is 0.638 bits per heavy atom. The Balaban J connectivity index is 1.75. The summed E-state index contributed by atoms with van der Waals surface area (Å²) >= 11 is 4.70. The van der Waals surface area contributed by atoms with Crippen LogP contribution in [0.15, 0.2) is 152 Å². The SMILES string of the molecule is CC(C)C(NC(=O)OC(C)(C)C)C(=O)N[C@H](CP(Br)(Cc1ccccc1)(c1ccccc1)c1ccccc1)C(C)O[Si](c1ccccc1)(c1ccccc1)C(C)(C)C. The van der Waals surface area contributed by atoms with E-state index in [1.54, 1.807) is 0 Å². The molecule has 2 N–H and O–H groups in total. The van der Waals surface area contributed by atoms with Gasteiger partial charge in [0.1, 0.15) is 0 Å². The summed E-state index contributed by atoms with van der Waals surface area (Å²) in [7, 11) is -3.10. The van der Waals surface area contributed by atoms with E-state index >= 15 is 0 Å². The molecule has 5 aromatic carbocycles. The number of benzene rings is 5. The molecule has 2 amide bonds. The fourth-order valence-corrected chi connectivity index (χ4v) is 21.2. The molecule has 0 aliphatic rings. The molecule has 308 valence electrons. The molecule has 0 fully saturated rings. The van der Waals surface area contributed by atoms with E-state index in [-0.39, 0.29) is 16.9 Å². The van der Waals surface area contributed by atoms with Crippen molar-refractivity contribution in [1.82, 2.24) is 10.6 Å². The van der Waals surface area contributed by atoms with Gasteiger partial charge in [-0.25, -0.2) is 0 Å². The first-order valence-electron chi connectivity index (χ1n) is 20.3. The average molecular weight is 882 g/mol. The van der Waals surface area contributed by atoms with Gasteiger partial charge in [0.25, 0.3) is 0 Å². The van der Waals surface area contributed by atoms with Gasteiger partial charge < -0.3 is 0 Å². The van der Waals surface area contributed by atoms with Gasteiger partial charge in [0.15, 0.2) is 0 Å². The number of alkyl carbamates (subject to hydrolysis) is 1. The van der Waals surface area contributed by atoms with Gasteiger partial charge in [0.05, 0.1) is 0 Å². The number of carbonyl (C=O) groups is 2. The summed E-state index contributed by atoms with van der Waals surface area (Å²) in [5, 5.41) is 7.30. The average Bonchev–Trinajstić information content (AvgIpc) is 3.19. The van der Waals surface area contributed by atoms with Gasteiger partial charge in [-0.3, -0.25) is 0 Å². The number of carbonyl (C=O) groups excluding carboxylic acids is 2. The van der Waals surface area contributed by atoms with Crippen molar-refractivity contribution in [1.29, 1.82) is 0 Å². The van der Waals surface area contributed by atoms with Crippen LogP contribution in [-0.4, -0.2) is 50.3 Å². The summed E-state index contributed by atoms with van der Waals surface area (Å²) < 4.78 is 13.5. The van der Waals surface area contributed by atoms with E-state index in [4.69, 9.17) is 24.7 Å². The molecule has 58 heavy (non-hydrogen) atoms. The van der Waals surface area contributed by atoms with E-state index < -0.39 is 43.5 Å².